The van der Waals surface area contributed by atoms with E-state index >= 15 is 0 Å². The Bertz CT molecular complexity index is 1290. The van der Waals surface area contributed by atoms with Crippen LogP contribution in [0.1, 0.15) is 15.9 Å². The van der Waals surface area contributed by atoms with Crippen LogP contribution in [-0.4, -0.2) is 28.8 Å². The molecule has 0 aliphatic heterocycles. The normalized spacial score (nSPS) is 10.8. The molecule has 0 aliphatic rings. The highest BCUT2D eigenvalue weighted by atomic mass is 16.5. The summed E-state index contributed by atoms with van der Waals surface area (Å²) in [5.41, 5.74) is 3.76. The number of ether oxygens (including phenoxy) is 1. The predicted molar refractivity (Wildman–Crippen MR) is 124 cm³/mol. The van der Waals surface area contributed by atoms with Gasteiger partial charge >= 0.3 is 0 Å². The van der Waals surface area contributed by atoms with E-state index in [0.717, 1.165) is 22.6 Å². The Morgan fingerprint density at radius 3 is 2.30 bits per heavy atom. The first-order valence-electron chi connectivity index (χ1n) is 10.1. The minimum atomic E-state index is -1.27. The number of para-hydroxylation sites is 1. The fraction of sp³-hybridized carbons (Fsp3) is 0.0385. The van der Waals surface area contributed by atoms with E-state index in [9.17, 15) is 14.7 Å². The van der Waals surface area contributed by atoms with E-state index in [0.29, 0.717) is 11.4 Å². The molecule has 164 valence electrons. The van der Waals surface area contributed by atoms with Crippen LogP contribution >= 0.6 is 0 Å². The first-order valence-corrected chi connectivity index (χ1v) is 10.1. The van der Waals surface area contributed by atoms with Crippen LogP contribution in [0.5, 0.6) is 5.75 Å². The predicted octanol–water partition coefficient (Wildman–Crippen LogP) is 3.56. The van der Waals surface area contributed by atoms with E-state index in [1.165, 1.54) is 30.3 Å². The summed E-state index contributed by atoms with van der Waals surface area (Å²) in [6, 6.07) is 23.0. The van der Waals surface area contributed by atoms with Crippen LogP contribution in [0.15, 0.2) is 91.1 Å². The van der Waals surface area contributed by atoms with Crippen LogP contribution < -0.4 is 15.2 Å². The molecule has 0 aliphatic carbocycles. The van der Waals surface area contributed by atoms with Gasteiger partial charge in [0.25, 0.3) is 0 Å². The monoisotopic (exact) mass is 438 g/mol. The smallest absolute Gasteiger partial charge is 0.248 e. The minimum absolute atomic E-state index is 0.0426. The molecule has 4 rings (SSSR count). The molecule has 0 bridgehead atoms. The van der Waals surface area contributed by atoms with Crippen molar-refractivity contribution >= 4 is 23.6 Å². The van der Waals surface area contributed by atoms with Gasteiger partial charge in [-0.2, -0.15) is 5.10 Å². The van der Waals surface area contributed by atoms with Gasteiger partial charge in [0.05, 0.1) is 24.5 Å². The van der Waals surface area contributed by atoms with Crippen molar-refractivity contribution in [3.8, 4) is 22.7 Å². The first-order chi connectivity index (χ1) is 16.0. The summed E-state index contributed by atoms with van der Waals surface area (Å²) in [4.78, 5) is 23.3. The van der Waals surface area contributed by atoms with Crippen LogP contribution in [0.2, 0.25) is 0 Å². The van der Waals surface area contributed by atoms with Gasteiger partial charge in [-0.15, -0.1) is 0 Å². The zero-order chi connectivity index (χ0) is 23.2. The fourth-order valence-corrected chi connectivity index (χ4v) is 3.23. The lowest BCUT2D eigenvalue weighted by Crippen LogP contribution is -2.22. The summed E-state index contributed by atoms with van der Waals surface area (Å²) in [5.74, 6) is -0.888. The van der Waals surface area contributed by atoms with Crippen LogP contribution in [0.3, 0.4) is 0 Å². The topological polar surface area (TPSA) is 96.3 Å². The number of nitrogens with zero attached hydrogens (tertiary/aromatic N) is 2. The molecule has 0 atom stereocenters. The van der Waals surface area contributed by atoms with Crippen molar-refractivity contribution in [2.45, 2.75) is 0 Å². The molecule has 1 aromatic heterocycles. The number of amides is 1. The maximum atomic E-state index is 12.4. The highest BCUT2D eigenvalue weighted by Gasteiger charge is 2.11. The number of carboxylic acid groups (broad SMARTS) is 1. The third-order valence-electron chi connectivity index (χ3n) is 4.93. The number of carbonyl (C=O) groups excluding carboxylic acids is 2. The standard InChI is InChI=1S/C26H21N3O4/c1-33-23-14-9-18(10-15-23)25-20(17-29(28-25)22-5-3-2-4-6-22)11-16-24(30)27-21-12-7-19(8-13-21)26(31)32/h2-17H,1H3,(H,27,30)(H,31,32)/p-1/b16-11+. The number of carboxylic acids is 1. The SMILES string of the molecule is COc1ccc(-c2nn(-c3ccccc3)cc2/C=C/C(=O)Nc2ccc(C(=O)[O-])cc2)cc1. The second-order valence-electron chi connectivity index (χ2n) is 7.13. The summed E-state index contributed by atoms with van der Waals surface area (Å²) >= 11 is 0. The summed E-state index contributed by atoms with van der Waals surface area (Å²) < 4.78 is 7.00. The van der Waals surface area contributed by atoms with Crippen molar-refractivity contribution in [2.75, 3.05) is 12.4 Å². The molecule has 7 nitrogen and oxygen atoms in total. The molecule has 7 heteroatoms. The average Bonchev–Trinajstić information content (AvgIpc) is 3.28. The Morgan fingerprint density at radius 2 is 1.67 bits per heavy atom. The lowest BCUT2D eigenvalue weighted by molar-refractivity contribution is -0.255. The number of rotatable bonds is 7. The number of hydrogen-bond donors (Lipinski definition) is 1. The van der Waals surface area contributed by atoms with Crippen LogP contribution in [0, 0.1) is 0 Å². The van der Waals surface area contributed by atoms with Gasteiger partial charge < -0.3 is 20.0 Å². The van der Waals surface area contributed by atoms with Crippen molar-refractivity contribution in [1.29, 1.82) is 0 Å². The maximum Gasteiger partial charge on any atom is 0.248 e. The van der Waals surface area contributed by atoms with E-state index in [4.69, 9.17) is 9.84 Å². The molecule has 33 heavy (non-hydrogen) atoms. The number of nitrogens with one attached hydrogen (secondary N) is 1. The van der Waals surface area contributed by atoms with Gasteiger partial charge in [-0.05, 0) is 60.2 Å². The van der Waals surface area contributed by atoms with Crippen molar-refractivity contribution in [2.24, 2.45) is 0 Å². The average molecular weight is 438 g/mol. The number of hydrogen-bond acceptors (Lipinski definition) is 5. The van der Waals surface area contributed by atoms with Crippen LogP contribution in [-0.2, 0) is 4.79 Å². The van der Waals surface area contributed by atoms with Gasteiger partial charge in [0.15, 0.2) is 0 Å². The zero-order valence-electron chi connectivity index (χ0n) is 17.8. The lowest BCUT2D eigenvalue weighted by atomic mass is 10.1. The summed E-state index contributed by atoms with van der Waals surface area (Å²) in [5, 5.41) is 18.3. The van der Waals surface area contributed by atoms with Crippen molar-refractivity contribution in [1.82, 2.24) is 9.78 Å². The Kier molecular flexibility index (Phi) is 6.31. The van der Waals surface area contributed by atoms with Gasteiger partial charge in [0.1, 0.15) is 5.75 Å². The Morgan fingerprint density at radius 1 is 0.970 bits per heavy atom. The molecular formula is C26H20N3O4-. The number of carbonyl (C=O) groups is 2. The molecule has 0 saturated carbocycles. The Balaban J connectivity index is 1.60. The minimum Gasteiger partial charge on any atom is -0.545 e. The maximum absolute atomic E-state index is 12.4. The number of anilines is 1. The summed E-state index contributed by atoms with van der Waals surface area (Å²) in [6.45, 7) is 0. The first kappa shape index (κ1) is 21.6. The largest absolute Gasteiger partial charge is 0.545 e. The van der Waals surface area contributed by atoms with Gasteiger partial charge in [0.2, 0.25) is 5.91 Å². The molecule has 0 radical (unpaired) electrons. The van der Waals surface area contributed by atoms with E-state index < -0.39 is 5.97 Å². The van der Waals surface area contributed by atoms with Crippen molar-refractivity contribution in [3.05, 3.63) is 102 Å². The molecule has 4 aromatic rings. The number of methoxy groups -OCH3 is 1. The third kappa shape index (κ3) is 5.16. The zero-order valence-corrected chi connectivity index (χ0v) is 17.8. The number of aromatic nitrogens is 2. The quantitative estimate of drug-likeness (QED) is 0.445. The van der Waals surface area contributed by atoms with Crippen molar-refractivity contribution < 1.29 is 19.4 Å². The molecule has 0 saturated heterocycles. The molecule has 0 fully saturated rings. The van der Waals surface area contributed by atoms with Crippen LogP contribution in [0.4, 0.5) is 5.69 Å². The van der Waals surface area contributed by atoms with Gasteiger partial charge in [0, 0.05) is 29.1 Å². The Labute approximate surface area is 190 Å². The van der Waals surface area contributed by atoms with Gasteiger partial charge in [-0.25, -0.2) is 4.68 Å². The van der Waals surface area contributed by atoms with E-state index in [-0.39, 0.29) is 11.5 Å². The third-order valence-corrected chi connectivity index (χ3v) is 4.93. The second kappa shape index (κ2) is 9.65. The molecule has 1 amide bonds. The fourth-order valence-electron chi connectivity index (χ4n) is 3.23. The van der Waals surface area contributed by atoms with Crippen molar-refractivity contribution in [3.63, 3.8) is 0 Å². The number of aromatic carboxylic acids is 1. The second-order valence-corrected chi connectivity index (χ2v) is 7.13. The molecule has 0 spiro atoms. The van der Waals surface area contributed by atoms with E-state index in [2.05, 4.69) is 5.32 Å². The van der Waals surface area contributed by atoms with Crippen LogP contribution in [0.25, 0.3) is 23.0 Å². The highest BCUT2D eigenvalue weighted by Crippen LogP contribution is 2.26. The number of benzene rings is 3. The van der Waals surface area contributed by atoms with Gasteiger partial charge in [-0.1, -0.05) is 30.3 Å². The molecular weight excluding hydrogens is 418 g/mol. The van der Waals surface area contributed by atoms with Gasteiger partial charge in [-0.3, -0.25) is 4.79 Å². The van der Waals surface area contributed by atoms with E-state index in [1.54, 1.807) is 17.9 Å². The van der Waals surface area contributed by atoms with E-state index in [1.807, 2.05) is 60.8 Å². The summed E-state index contributed by atoms with van der Waals surface area (Å²) in [6.07, 6.45) is 4.95. The highest BCUT2D eigenvalue weighted by molar-refractivity contribution is 6.02. The Hall–Kier alpha value is -4.65. The lowest BCUT2D eigenvalue weighted by Gasteiger charge is -2.05. The summed E-state index contributed by atoms with van der Waals surface area (Å²) in [7, 11) is 1.61. The molecule has 0 unspecified atom stereocenters. The molecule has 1 heterocycles. The molecule has 3 aromatic carbocycles. The molecule has 1 N–H and O–H groups in total.